The zero-order chi connectivity index (χ0) is 22.0. The molecule has 0 radical (unpaired) electrons. The second kappa shape index (κ2) is 8.84. The first kappa shape index (κ1) is 21.0. The molecular weight excluding hydrogens is 398 g/mol. The maximum absolute atomic E-state index is 12.8. The van der Waals surface area contributed by atoms with Gasteiger partial charge in [-0.1, -0.05) is 13.8 Å². The van der Waals surface area contributed by atoms with E-state index in [1.807, 2.05) is 13.8 Å². The highest BCUT2D eigenvalue weighted by atomic mass is 16.5. The summed E-state index contributed by atoms with van der Waals surface area (Å²) in [7, 11) is 1.69. The van der Waals surface area contributed by atoms with E-state index in [1.54, 1.807) is 42.2 Å². The van der Waals surface area contributed by atoms with Crippen molar-refractivity contribution >= 4 is 22.9 Å². The zero-order valence-electron chi connectivity index (χ0n) is 18.0. The first-order valence-electron chi connectivity index (χ1n) is 10.4. The summed E-state index contributed by atoms with van der Waals surface area (Å²) in [5, 5.41) is 15.1. The molecule has 1 amide bonds. The lowest BCUT2D eigenvalue weighted by Crippen LogP contribution is -2.37. The van der Waals surface area contributed by atoms with Crippen LogP contribution in [0.15, 0.2) is 35.5 Å². The van der Waals surface area contributed by atoms with E-state index >= 15 is 0 Å². The molecule has 0 unspecified atom stereocenters. The maximum atomic E-state index is 12.8. The Balaban J connectivity index is 1.56. The van der Waals surface area contributed by atoms with E-state index in [4.69, 9.17) is 4.74 Å². The molecule has 0 aliphatic carbocycles. The fourth-order valence-electron chi connectivity index (χ4n) is 4.01. The van der Waals surface area contributed by atoms with Crippen molar-refractivity contribution in [1.82, 2.24) is 24.4 Å². The maximum Gasteiger partial charge on any atom is 0.269 e. The van der Waals surface area contributed by atoms with E-state index in [2.05, 4.69) is 25.5 Å². The Labute approximate surface area is 179 Å². The van der Waals surface area contributed by atoms with Crippen LogP contribution in [0.5, 0.6) is 0 Å². The first-order valence-corrected chi connectivity index (χ1v) is 10.4. The van der Waals surface area contributed by atoms with Gasteiger partial charge >= 0.3 is 0 Å². The Morgan fingerprint density at radius 2 is 2.19 bits per heavy atom. The van der Waals surface area contributed by atoms with Gasteiger partial charge in [0.1, 0.15) is 12.9 Å². The van der Waals surface area contributed by atoms with Gasteiger partial charge in [0.15, 0.2) is 5.65 Å². The number of methoxy groups -OCH3 is 1. The fraction of sp³-hybridized carbons (Fsp3) is 0.476. The minimum Gasteiger partial charge on any atom is -0.383 e. The van der Waals surface area contributed by atoms with E-state index < -0.39 is 0 Å². The molecule has 0 spiro atoms. The summed E-state index contributed by atoms with van der Waals surface area (Å²) in [5.41, 5.74) is 2.62. The quantitative estimate of drug-likeness (QED) is 0.613. The summed E-state index contributed by atoms with van der Waals surface area (Å²) in [5.74, 6) is -0.229. The Bertz CT molecular complexity index is 1140. The summed E-state index contributed by atoms with van der Waals surface area (Å²) in [6, 6.07) is 5.33. The van der Waals surface area contributed by atoms with Crippen LogP contribution in [0.25, 0.3) is 5.65 Å². The van der Waals surface area contributed by atoms with Crippen LogP contribution >= 0.6 is 0 Å². The van der Waals surface area contributed by atoms with Crippen LogP contribution in [-0.4, -0.2) is 56.6 Å². The minimum atomic E-state index is -0.331. The summed E-state index contributed by atoms with van der Waals surface area (Å²) in [4.78, 5) is 27.6. The van der Waals surface area contributed by atoms with Crippen LogP contribution in [0.3, 0.4) is 0 Å². The molecule has 10 heteroatoms. The fourth-order valence-corrected chi connectivity index (χ4v) is 4.01. The highest BCUT2D eigenvalue weighted by Crippen LogP contribution is 2.30. The molecule has 164 valence electrons. The van der Waals surface area contributed by atoms with Gasteiger partial charge in [-0.05, 0) is 30.9 Å². The van der Waals surface area contributed by atoms with Gasteiger partial charge in [0.2, 0.25) is 5.91 Å². The number of nitrogens with one attached hydrogen (secondary N) is 1. The number of nitrogens with zero attached hydrogens (tertiary/aromatic N) is 6. The van der Waals surface area contributed by atoms with Crippen molar-refractivity contribution in [2.45, 2.75) is 45.2 Å². The molecule has 1 fully saturated rings. The smallest absolute Gasteiger partial charge is 0.269 e. The molecular formula is C21H27N7O3. The lowest BCUT2D eigenvalue weighted by Gasteiger charge is -2.29. The van der Waals surface area contributed by atoms with Crippen molar-refractivity contribution in [3.63, 3.8) is 0 Å². The molecule has 3 aromatic rings. The van der Waals surface area contributed by atoms with Crippen LogP contribution < -0.4 is 15.8 Å². The number of carbonyl (C=O) groups is 1. The van der Waals surface area contributed by atoms with Gasteiger partial charge in [0.05, 0.1) is 29.7 Å². The van der Waals surface area contributed by atoms with Crippen LogP contribution in [0.4, 0.5) is 11.4 Å². The third-order valence-electron chi connectivity index (χ3n) is 5.47. The third kappa shape index (κ3) is 4.43. The van der Waals surface area contributed by atoms with Gasteiger partial charge in [0, 0.05) is 25.9 Å². The van der Waals surface area contributed by atoms with Crippen molar-refractivity contribution in [2.24, 2.45) is 0 Å². The third-order valence-corrected chi connectivity index (χ3v) is 5.47. The van der Waals surface area contributed by atoms with E-state index in [9.17, 15) is 9.59 Å². The largest absolute Gasteiger partial charge is 0.383 e. The molecule has 0 bridgehead atoms. The van der Waals surface area contributed by atoms with Gasteiger partial charge < -0.3 is 15.0 Å². The number of hydrogen-bond acceptors (Lipinski definition) is 7. The van der Waals surface area contributed by atoms with Crippen LogP contribution in [0.2, 0.25) is 0 Å². The van der Waals surface area contributed by atoms with Gasteiger partial charge in [-0.25, -0.2) is 4.68 Å². The molecule has 1 aliphatic heterocycles. The molecule has 10 nitrogen and oxygen atoms in total. The Hall–Kier alpha value is -3.27. The van der Waals surface area contributed by atoms with Crippen LogP contribution in [0, 0.1) is 0 Å². The summed E-state index contributed by atoms with van der Waals surface area (Å²) in [6.45, 7) is 5.39. The minimum absolute atomic E-state index is 0.102. The monoisotopic (exact) mass is 425 g/mol. The highest BCUT2D eigenvalue weighted by molar-refractivity contribution is 5.90. The van der Waals surface area contributed by atoms with E-state index in [-0.39, 0.29) is 30.0 Å². The topological polar surface area (TPSA) is 107 Å². The van der Waals surface area contributed by atoms with E-state index in [0.717, 1.165) is 30.8 Å². The number of aromatic nitrogens is 5. The predicted octanol–water partition coefficient (Wildman–Crippen LogP) is 1.66. The molecule has 0 saturated carbocycles. The van der Waals surface area contributed by atoms with Crippen molar-refractivity contribution in [2.75, 3.05) is 30.5 Å². The molecule has 1 saturated heterocycles. The normalized spacial score (nSPS) is 16.4. The number of anilines is 2. The summed E-state index contributed by atoms with van der Waals surface area (Å²) >= 11 is 0. The Morgan fingerprint density at radius 1 is 1.35 bits per heavy atom. The lowest BCUT2D eigenvalue weighted by molar-refractivity contribution is -0.117. The number of rotatable bonds is 7. The Morgan fingerprint density at radius 3 is 2.97 bits per heavy atom. The van der Waals surface area contributed by atoms with Gasteiger partial charge in [0.25, 0.3) is 5.56 Å². The lowest BCUT2D eigenvalue weighted by atomic mass is 10.1. The zero-order valence-corrected chi connectivity index (χ0v) is 18.0. The molecule has 1 aliphatic rings. The van der Waals surface area contributed by atoms with Crippen molar-refractivity contribution in [1.29, 1.82) is 0 Å². The molecule has 3 aromatic heterocycles. The van der Waals surface area contributed by atoms with Crippen LogP contribution in [0.1, 0.15) is 38.3 Å². The summed E-state index contributed by atoms with van der Waals surface area (Å²) in [6.07, 6.45) is 5.34. The van der Waals surface area contributed by atoms with Gasteiger partial charge in [-0.2, -0.15) is 5.10 Å². The number of carbonyl (C=O) groups excluding carboxylic acids is 1. The van der Waals surface area contributed by atoms with Crippen molar-refractivity contribution < 1.29 is 9.53 Å². The molecule has 1 N–H and O–H groups in total. The number of pyridine rings is 1. The molecule has 1 atom stereocenters. The molecule has 0 aromatic carbocycles. The second-order valence-corrected chi connectivity index (χ2v) is 8.07. The number of fused-ring (bicyclic) bond motifs is 1. The number of amides is 1. The average Bonchev–Trinajstić information content (AvgIpc) is 3.38. The van der Waals surface area contributed by atoms with E-state index in [0.29, 0.717) is 17.9 Å². The Kier molecular flexibility index (Phi) is 5.99. The van der Waals surface area contributed by atoms with Crippen LogP contribution in [-0.2, 0) is 16.1 Å². The standard InChI is InChI=1S/C21H27N7O3/c1-14(2)21-17(27-8-4-5-16(27)12-31-3)9-20(30)28(25-21)11-19(29)23-15-6-7-18-24-22-13-26(18)10-15/h6-7,9-10,13-14,16H,4-5,8,11-12H2,1-3H3,(H,23,29)/t16-/m0/s1. The molecule has 4 heterocycles. The average molecular weight is 425 g/mol. The summed E-state index contributed by atoms with van der Waals surface area (Å²) < 4.78 is 8.29. The predicted molar refractivity (Wildman–Crippen MR) is 116 cm³/mol. The first-order chi connectivity index (χ1) is 15.0. The molecule has 4 rings (SSSR count). The highest BCUT2D eigenvalue weighted by Gasteiger charge is 2.28. The van der Waals surface area contributed by atoms with Crippen molar-refractivity contribution in [3.05, 3.63) is 46.8 Å². The van der Waals surface area contributed by atoms with Crippen molar-refractivity contribution in [3.8, 4) is 0 Å². The van der Waals surface area contributed by atoms with Gasteiger partial charge in [-0.3, -0.25) is 14.0 Å². The van der Waals surface area contributed by atoms with E-state index in [1.165, 1.54) is 4.68 Å². The molecule has 31 heavy (non-hydrogen) atoms. The number of ether oxygens (including phenoxy) is 1. The number of hydrogen-bond donors (Lipinski definition) is 1. The van der Waals surface area contributed by atoms with Gasteiger partial charge in [-0.15, -0.1) is 10.2 Å². The second-order valence-electron chi connectivity index (χ2n) is 8.07. The SMILES string of the molecule is COC[C@@H]1CCCN1c1cc(=O)n(CC(=O)Nc2ccc3nncn3c2)nc1C(C)C.